The van der Waals surface area contributed by atoms with Crippen LogP contribution in [0.15, 0.2) is 41.0 Å². The molecular weight excluding hydrogens is 387 g/mol. The molecule has 0 aliphatic carbocycles. The van der Waals surface area contributed by atoms with Gasteiger partial charge >= 0.3 is 0 Å². The van der Waals surface area contributed by atoms with Gasteiger partial charge in [-0.2, -0.15) is 0 Å². The lowest BCUT2D eigenvalue weighted by molar-refractivity contribution is -0.124. The van der Waals surface area contributed by atoms with Crippen molar-refractivity contribution in [1.82, 2.24) is 10.6 Å². The summed E-state index contributed by atoms with van der Waals surface area (Å²) in [4.78, 5) is 25.2. The zero-order valence-corrected chi connectivity index (χ0v) is 17.1. The van der Waals surface area contributed by atoms with Crippen molar-refractivity contribution in [2.24, 2.45) is 5.92 Å². The van der Waals surface area contributed by atoms with Gasteiger partial charge in [-0.25, -0.2) is 0 Å². The number of hydrogen-bond acceptors (Lipinski definition) is 3. The summed E-state index contributed by atoms with van der Waals surface area (Å²) in [5, 5.41) is 6.42. The van der Waals surface area contributed by atoms with Crippen molar-refractivity contribution in [3.8, 4) is 0 Å². The maximum Gasteiger partial charge on any atom is 0.253 e. The summed E-state index contributed by atoms with van der Waals surface area (Å²) in [7, 11) is 0. The largest absolute Gasteiger partial charge is 0.469 e. The van der Waals surface area contributed by atoms with Crippen LogP contribution in [0, 0.1) is 5.92 Å². The molecule has 0 aliphatic heterocycles. The monoisotopic (exact) mass is 410 g/mol. The van der Waals surface area contributed by atoms with E-state index in [-0.39, 0.29) is 28.5 Å². The number of rotatable bonds is 8. The van der Waals surface area contributed by atoms with Crippen LogP contribution in [0.3, 0.4) is 0 Å². The van der Waals surface area contributed by atoms with Crippen molar-refractivity contribution in [1.29, 1.82) is 0 Å². The standard InChI is InChI=1S/C20H24Cl2N2O3/c1-12(2)18(24-19(25)16-9-7-14(21)11-17(16)22)20(26)23-13(3)6-8-15-5-4-10-27-15/h4-5,7,9-13,18H,6,8H2,1-3H3,(H,23,26)(H,24,25). The average Bonchev–Trinajstić information content (AvgIpc) is 3.10. The zero-order chi connectivity index (χ0) is 20.0. The van der Waals surface area contributed by atoms with Crippen molar-refractivity contribution in [2.75, 3.05) is 0 Å². The third kappa shape index (κ3) is 6.29. The Hall–Kier alpha value is -1.98. The molecule has 7 heteroatoms. The maximum atomic E-state index is 12.7. The van der Waals surface area contributed by atoms with Gasteiger partial charge in [0.15, 0.2) is 0 Å². The summed E-state index contributed by atoms with van der Waals surface area (Å²) in [5.41, 5.74) is 0.283. The molecule has 2 aromatic rings. The van der Waals surface area contributed by atoms with E-state index in [9.17, 15) is 9.59 Å². The minimum Gasteiger partial charge on any atom is -0.469 e. The summed E-state index contributed by atoms with van der Waals surface area (Å²) in [6, 6.07) is 7.64. The van der Waals surface area contributed by atoms with E-state index in [1.165, 1.54) is 6.07 Å². The van der Waals surface area contributed by atoms with Crippen LogP contribution >= 0.6 is 23.2 Å². The number of hydrogen-bond donors (Lipinski definition) is 2. The van der Waals surface area contributed by atoms with Crippen LogP contribution in [-0.4, -0.2) is 23.9 Å². The van der Waals surface area contributed by atoms with Crippen LogP contribution in [-0.2, 0) is 11.2 Å². The molecule has 0 spiro atoms. The second-order valence-electron chi connectivity index (χ2n) is 6.85. The fourth-order valence-corrected chi connectivity index (χ4v) is 3.14. The lowest BCUT2D eigenvalue weighted by Gasteiger charge is -2.24. The van der Waals surface area contributed by atoms with Gasteiger partial charge in [-0.15, -0.1) is 0 Å². The van der Waals surface area contributed by atoms with Crippen LogP contribution in [0.4, 0.5) is 0 Å². The van der Waals surface area contributed by atoms with Crippen LogP contribution < -0.4 is 10.6 Å². The van der Waals surface area contributed by atoms with E-state index in [4.69, 9.17) is 27.6 Å². The van der Waals surface area contributed by atoms with Gasteiger partial charge < -0.3 is 15.1 Å². The van der Waals surface area contributed by atoms with Crippen molar-refractivity contribution < 1.29 is 14.0 Å². The Bertz CT molecular complexity index is 776. The Balaban J connectivity index is 1.96. The highest BCUT2D eigenvalue weighted by atomic mass is 35.5. The second kappa shape index (κ2) is 9.81. The average molecular weight is 411 g/mol. The number of aryl methyl sites for hydroxylation is 1. The fraction of sp³-hybridized carbons (Fsp3) is 0.400. The van der Waals surface area contributed by atoms with Gasteiger partial charge in [-0.3, -0.25) is 9.59 Å². The normalized spacial score (nSPS) is 13.3. The molecular formula is C20H24Cl2N2O3. The van der Waals surface area contributed by atoms with E-state index in [1.807, 2.05) is 32.9 Å². The molecule has 0 saturated heterocycles. The Kier molecular flexibility index (Phi) is 7.75. The van der Waals surface area contributed by atoms with E-state index >= 15 is 0 Å². The highest BCUT2D eigenvalue weighted by Gasteiger charge is 2.26. The smallest absolute Gasteiger partial charge is 0.253 e. The number of amides is 2. The number of carbonyl (C=O) groups is 2. The first-order valence-corrected chi connectivity index (χ1v) is 9.62. The number of nitrogens with one attached hydrogen (secondary N) is 2. The van der Waals surface area contributed by atoms with Gasteiger partial charge in [0.05, 0.1) is 16.8 Å². The lowest BCUT2D eigenvalue weighted by Crippen LogP contribution is -2.51. The molecule has 0 radical (unpaired) electrons. The molecule has 0 bridgehead atoms. The first kappa shape index (κ1) is 21.3. The molecule has 2 unspecified atom stereocenters. The number of furan rings is 1. The molecule has 146 valence electrons. The van der Waals surface area contributed by atoms with Gasteiger partial charge in [0, 0.05) is 17.5 Å². The summed E-state index contributed by atoms with van der Waals surface area (Å²) < 4.78 is 5.30. The van der Waals surface area contributed by atoms with Crippen molar-refractivity contribution in [2.45, 2.75) is 45.7 Å². The highest BCUT2D eigenvalue weighted by Crippen LogP contribution is 2.21. The Labute approximate surface area is 169 Å². The van der Waals surface area contributed by atoms with Gasteiger partial charge in [0.1, 0.15) is 11.8 Å². The first-order valence-electron chi connectivity index (χ1n) is 8.86. The van der Waals surface area contributed by atoms with E-state index in [0.29, 0.717) is 5.02 Å². The van der Waals surface area contributed by atoms with Crippen LogP contribution in [0.1, 0.15) is 43.3 Å². The fourth-order valence-electron chi connectivity index (χ4n) is 2.65. The second-order valence-corrected chi connectivity index (χ2v) is 7.69. The molecule has 5 nitrogen and oxygen atoms in total. The molecule has 2 atom stereocenters. The molecule has 1 aromatic carbocycles. The summed E-state index contributed by atoms with van der Waals surface area (Å²) in [6.45, 7) is 5.68. The molecule has 1 heterocycles. The molecule has 0 aliphatic rings. The molecule has 2 N–H and O–H groups in total. The minimum absolute atomic E-state index is 0.0557. The van der Waals surface area contributed by atoms with Crippen LogP contribution in [0.5, 0.6) is 0 Å². The first-order chi connectivity index (χ1) is 12.8. The molecule has 27 heavy (non-hydrogen) atoms. The third-order valence-corrected chi connectivity index (χ3v) is 4.75. The van der Waals surface area contributed by atoms with E-state index in [2.05, 4.69) is 10.6 Å². The quantitative estimate of drug-likeness (QED) is 0.673. The van der Waals surface area contributed by atoms with Crippen LogP contribution in [0.2, 0.25) is 10.0 Å². The molecule has 0 fully saturated rings. The van der Waals surface area contributed by atoms with Gasteiger partial charge in [-0.1, -0.05) is 37.0 Å². The predicted octanol–water partition coefficient (Wildman–Crippen LogP) is 4.48. The topological polar surface area (TPSA) is 71.3 Å². The molecule has 1 aromatic heterocycles. The van der Waals surface area contributed by atoms with Gasteiger partial charge in [0.25, 0.3) is 5.91 Å². The minimum atomic E-state index is -0.671. The van der Waals surface area contributed by atoms with E-state index in [0.717, 1.165) is 18.6 Å². The zero-order valence-electron chi connectivity index (χ0n) is 15.6. The van der Waals surface area contributed by atoms with Crippen molar-refractivity contribution in [3.63, 3.8) is 0 Å². The molecule has 2 rings (SSSR count). The lowest BCUT2D eigenvalue weighted by atomic mass is 10.0. The van der Waals surface area contributed by atoms with E-state index in [1.54, 1.807) is 18.4 Å². The maximum absolute atomic E-state index is 12.7. The predicted molar refractivity (Wildman–Crippen MR) is 107 cm³/mol. The number of benzene rings is 1. The van der Waals surface area contributed by atoms with Gasteiger partial charge in [-0.05, 0) is 49.6 Å². The van der Waals surface area contributed by atoms with Crippen molar-refractivity contribution in [3.05, 3.63) is 58.0 Å². The third-order valence-electron chi connectivity index (χ3n) is 4.20. The number of carbonyl (C=O) groups excluding carboxylic acids is 2. The Morgan fingerprint density at radius 3 is 2.44 bits per heavy atom. The Morgan fingerprint density at radius 2 is 1.85 bits per heavy atom. The van der Waals surface area contributed by atoms with Gasteiger partial charge in [0.2, 0.25) is 5.91 Å². The molecule has 2 amide bonds. The van der Waals surface area contributed by atoms with Crippen molar-refractivity contribution >= 4 is 35.0 Å². The highest BCUT2D eigenvalue weighted by molar-refractivity contribution is 6.36. The SMILES string of the molecule is CC(CCc1ccco1)NC(=O)C(NC(=O)c1ccc(Cl)cc1Cl)C(C)C. The summed E-state index contributed by atoms with van der Waals surface area (Å²) in [5.74, 6) is 0.156. The molecule has 0 saturated carbocycles. The Morgan fingerprint density at radius 1 is 1.11 bits per heavy atom. The summed E-state index contributed by atoms with van der Waals surface area (Å²) in [6.07, 6.45) is 3.10. The van der Waals surface area contributed by atoms with Crippen LogP contribution in [0.25, 0.3) is 0 Å². The van der Waals surface area contributed by atoms with E-state index < -0.39 is 11.9 Å². The number of halogens is 2. The summed E-state index contributed by atoms with van der Waals surface area (Å²) >= 11 is 12.0.